The quantitative estimate of drug-likeness (QED) is 0.436. The highest BCUT2D eigenvalue weighted by molar-refractivity contribution is 5.69. The number of nitrogens with zero attached hydrogens (tertiary/aromatic N) is 2. The molecule has 0 aromatic rings. The van der Waals surface area contributed by atoms with Crippen molar-refractivity contribution in [3.05, 3.63) is 0 Å². The molecule has 1 fully saturated rings. The van der Waals surface area contributed by atoms with Gasteiger partial charge in [0.25, 0.3) is 0 Å². The Balaban J connectivity index is 2.50. The second kappa shape index (κ2) is 4.94. The van der Waals surface area contributed by atoms with Crippen LogP contribution in [0, 0.1) is 5.41 Å². The summed E-state index contributed by atoms with van der Waals surface area (Å²) in [5, 5.41) is 11.7. The summed E-state index contributed by atoms with van der Waals surface area (Å²) in [6.07, 6.45) is 2.87. The van der Waals surface area contributed by atoms with E-state index in [9.17, 15) is 4.79 Å². The number of hydrogen-bond donors (Lipinski definition) is 1. The summed E-state index contributed by atoms with van der Waals surface area (Å²) in [4.78, 5) is 13.5. The maximum Gasteiger partial charge on any atom is 0.410 e. The van der Waals surface area contributed by atoms with Crippen molar-refractivity contribution < 1.29 is 14.7 Å². The van der Waals surface area contributed by atoms with E-state index in [1.165, 1.54) is 0 Å². The maximum absolute atomic E-state index is 11.8. The first kappa shape index (κ1) is 13.8. The lowest BCUT2D eigenvalue weighted by atomic mass is 9.82. The van der Waals surface area contributed by atoms with Crippen LogP contribution in [0.2, 0.25) is 0 Å². The number of piperidine rings is 1. The van der Waals surface area contributed by atoms with Crippen LogP contribution in [-0.2, 0) is 4.74 Å². The molecule has 0 unspecified atom stereocenters. The zero-order chi connectivity index (χ0) is 13.1. The van der Waals surface area contributed by atoms with Crippen LogP contribution in [0.25, 0.3) is 0 Å². The second-order valence-electron chi connectivity index (χ2n) is 5.87. The van der Waals surface area contributed by atoms with Gasteiger partial charge >= 0.3 is 6.09 Å². The number of carbonyl (C=O) groups excluding carboxylic acids is 1. The molecular weight excluding hydrogens is 220 g/mol. The van der Waals surface area contributed by atoms with Crippen molar-refractivity contribution in [2.75, 3.05) is 13.1 Å². The lowest BCUT2D eigenvalue weighted by Crippen LogP contribution is -2.44. The molecule has 5 nitrogen and oxygen atoms in total. The molecule has 1 N–H and O–H groups in total. The Morgan fingerprint density at radius 3 is 2.35 bits per heavy atom. The van der Waals surface area contributed by atoms with Gasteiger partial charge in [-0.25, -0.2) is 4.79 Å². The molecule has 17 heavy (non-hydrogen) atoms. The highest BCUT2D eigenvalue weighted by Gasteiger charge is 2.32. The fourth-order valence-electron chi connectivity index (χ4n) is 1.80. The van der Waals surface area contributed by atoms with Crippen LogP contribution >= 0.6 is 0 Å². The predicted molar refractivity (Wildman–Crippen MR) is 65.4 cm³/mol. The lowest BCUT2D eigenvalue weighted by molar-refractivity contribution is 0.0167. The first-order chi connectivity index (χ1) is 7.76. The Hall–Kier alpha value is -1.26. The molecule has 1 aliphatic rings. The predicted octanol–water partition coefficient (Wildman–Crippen LogP) is 2.48. The number of carbonyl (C=O) groups is 1. The molecule has 0 saturated carbocycles. The van der Waals surface area contributed by atoms with Crippen LogP contribution in [0.15, 0.2) is 5.16 Å². The topological polar surface area (TPSA) is 62.1 Å². The molecular formula is C12H22N2O3. The fourth-order valence-corrected chi connectivity index (χ4v) is 1.80. The fraction of sp³-hybridized carbons (Fsp3) is 0.833. The van der Waals surface area contributed by atoms with Gasteiger partial charge in [0.1, 0.15) is 5.60 Å². The van der Waals surface area contributed by atoms with Gasteiger partial charge in [0, 0.05) is 24.7 Å². The first-order valence-electron chi connectivity index (χ1n) is 5.92. The van der Waals surface area contributed by atoms with Crippen molar-refractivity contribution in [3.63, 3.8) is 0 Å². The number of ether oxygens (including phenoxy) is 1. The Morgan fingerprint density at radius 2 is 1.94 bits per heavy atom. The summed E-state index contributed by atoms with van der Waals surface area (Å²) in [6.45, 7) is 8.88. The maximum atomic E-state index is 11.8. The van der Waals surface area contributed by atoms with Crippen molar-refractivity contribution in [1.29, 1.82) is 0 Å². The minimum absolute atomic E-state index is 0.118. The summed E-state index contributed by atoms with van der Waals surface area (Å²) >= 11 is 0. The third kappa shape index (κ3) is 4.24. The largest absolute Gasteiger partial charge is 0.444 e. The molecule has 0 aromatic heterocycles. The third-order valence-electron chi connectivity index (χ3n) is 2.93. The molecule has 0 aliphatic carbocycles. The summed E-state index contributed by atoms with van der Waals surface area (Å²) in [7, 11) is 0. The van der Waals surface area contributed by atoms with Crippen molar-refractivity contribution in [2.45, 2.75) is 46.1 Å². The van der Waals surface area contributed by atoms with Crippen molar-refractivity contribution >= 4 is 12.3 Å². The first-order valence-corrected chi connectivity index (χ1v) is 5.92. The Labute approximate surface area is 102 Å². The van der Waals surface area contributed by atoms with Crippen LogP contribution in [-0.4, -0.2) is 41.1 Å². The SMILES string of the molecule is CC1(/C=N/O)CCN(C(=O)OC(C)(C)C)CC1. The summed E-state index contributed by atoms with van der Waals surface area (Å²) in [6, 6.07) is 0. The summed E-state index contributed by atoms with van der Waals surface area (Å²) in [5.74, 6) is 0. The second-order valence-corrected chi connectivity index (χ2v) is 5.87. The van der Waals surface area contributed by atoms with Crippen molar-refractivity contribution in [2.24, 2.45) is 10.6 Å². The van der Waals surface area contributed by atoms with Gasteiger partial charge in [0.05, 0.1) is 0 Å². The number of amides is 1. The molecule has 0 bridgehead atoms. The molecule has 0 radical (unpaired) electrons. The van der Waals surface area contributed by atoms with Crippen molar-refractivity contribution in [1.82, 2.24) is 4.90 Å². The van der Waals surface area contributed by atoms with Gasteiger partial charge in [0.15, 0.2) is 0 Å². The van der Waals surface area contributed by atoms with Gasteiger partial charge in [0.2, 0.25) is 0 Å². The van der Waals surface area contributed by atoms with E-state index in [0.29, 0.717) is 13.1 Å². The van der Waals surface area contributed by atoms with Gasteiger partial charge < -0.3 is 14.8 Å². The minimum Gasteiger partial charge on any atom is -0.444 e. The highest BCUT2D eigenvalue weighted by Crippen LogP contribution is 2.29. The van der Waals surface area contributed by atoms with Crippen LogP contribution in [0.4, 0.5) is 4.79 Å². The van der Waals surface area contributed by atoms with E-state index < -0.39 is 5.60 Å². The summed E-state index contributed by atoms with van der Waals surface area (Å²) < 4.78 is 5.31. The molecule has 1 heterocycles. The number of oxime groups is 1. The standard InChI is InChI=1S/C12H22N2O3/c1-11(2,3)17-10(15)14-7-5-12(4,6-8-14)9-13-16/h9,16H,5-8H2,1-4H3/b13-9+. The third-order valence-corrected chi connectivity index (χ3v) is 2.93. The molecule has 1 rings (SSSR count). The average molecular weight is 242 g/mol. The van der Waals surface area contributed by atoms with E-state index in [1.807, 2.05) is 27.7 Å². The molecule has 1 amide bonds. The lowest BCUT2D eigenvalue weighted by Gasteiger charge is -2.37. The molecule has 1 saturated heterocycles. The molecule has 98 valence electrons. The summed E-state index contributed by atoms with van der Waals surface area (Å²) in [5.41, 5.74) is -0.572. The van der Waals surface area contributed by atoms with Crippen LogP contribution in [0.5, 0.6) is 0 Å². The van der Waals surface area contributed by atoms with Crippen LogP contribution < -0.4 is 0 Å². The van der Waals surface area contributed by atoms with Gasteiger partial charge in [-0.3, -0.25) is 0 Å². The normalized spacial score (nSPS) is 20.6. The van der Waals surface area contributed by atoms with Gasteiger partial charge in [-0.1, -0.05) is 6.92 Å². The Kier molecular flexibility index (Phi) is 4.01. The smallest absolute Gasteiger partial charge is 0.410 e. The zero-order valence-corrected chi connectivity index (χ0v) is 11.1. The van der Waals surface area contributed by atoms with Gasteiger partial charge in [-0.05, 0) is 33.6 Å². The Morgan fingerprint density at radius 1 is 1.41 bits per heavy atom. The molecule has 0 aromatic carbocycles. The van der Waals surface area contributed by atoms with E-state index in [4.69, 9.17) is 9.94 Å². The molecule has 1 aliphatic heterocycles. The minimum atomic E-state index is -0.454. The monoisotopic (exact) mass is 242 g/mol. The molecule has 5 heteroatoms. The molecule has 0 spiro atoms. The van der Waals surface area contributed by atoms with E-state index in [1.54, 1.807) is 11.1 Å². The average Bonchev–Trinajstić information content (AvgIpc) is 2.15. The number of hydrogen-bond acceptors (Lipinski definition) is 4. The zero-order valence-electron chi connectivity index (χ0n) is 11.1. The van der Waals surface area contributed by atoms with Gasteiger partial charge in [-0.15, -0.1) is 5.16 Å². The van der Waals surface area contributed by atoms with E-state index in [2.05, 4.69) is 5.16 Å². The Bertz CT molecular complexity index is 299. The number of rotatable bonds is 1. The molecule has 0 atom stereocenters. The van der Waals surface area contributed by atoms with E-state index in [-0.39, 0.29) is 11.5 Å². The van der Waals surface area contributed by atoms with Crippen molar-refractivity contribution in [3.8, 4) is 0 Å². The number of likely N-dealkylation sites (tertiary alicyclic amines) is 1. The van der Waals surface area contributed by atoms with E-state index in [0.717, 1.165) is 12.8 Å². The highest BCUT2D eigenvalue weighted by atomic mass is 16.6. The van der Waals surface area contributed by atoms with Crippen LogP contribution in [0.3, 0.4) is 0 Å². The van der Waals surface area contributed by atoms with Crippen LogP contribution in [0.1, 0.15) is 40.5 Å². The van der Waals surface area contributed by atoms with Gasteiger partial charge in [-0.2, -0.15) is 0 Å². The van der Waals surface area contributed by atoms with E-state index >= 15 is 0 Å².